The van der Waals surface area contributed by atoms with Crippen LogP contribution >= 0.6 is 0 Å². The molecule has 43 heavy (non-hydrogen) atoms. The summed E-state index contributed by atoms with van der Waals surface area (Å²) in [6, 6.07) is 15.5. The van der Waals surface area contributed by atoms with E-state index >= 15 is 0 Å². The van der Waals surface area contributed by atoms with Gasteiger partial charge in [-0.15, -0.1) is 0 Å². The normalized spacial score (nSPS) is 12.7. The molecule has 0 aromatic heterocycles. The Hall–Kier alpha value is -3.88. The summed E-state index contributed by atoms with van der Waals surface area (Å²) >= 11 is 0. The highest BCUT2D eigenvalue weighted by Gasteiger charge is 2.25. The van der Waals surface area contributed by atoms with E-state index in [2.05, 4.69) is 11.4 Å². The molecule has 230 valence electrons. The zero-order valence-corrected chi connectivity index (χ0v) is 25.5. The number of carbonyl (C=O) groups is 2. The van der Waals surface area contributed by atoms with E-state index in [0.717, 1.165) is 35.6 Å². The van der Waals surface area contributed by atoms with Crippen molar-refractivity contribution in [1.29, 1.82) is 0 Å². The van der Waals surface area contributed by atoms with Crippen molar-refractivity contribution >= 4 is 18.0 Å². The van der Waals surface area contributed by atoms with Crippen LogP contribution in [0.2, 0.25) is 0 Å². The number of allylic oxidation sites excluding steroid dienone is 1. The zero-order valence-electron chi connectivity index (χ0n) is 25.5. The Morgan fingerprint density at radius 1 is 0.953 bits per heavy atom. The van der Waals surface area contributed by atoms with Crippen molar-refractivity contribution in [2.75, 3.05) is 19.6 Å². The lowest BCUT2D eigenvalue weighted by molar-refractivity contribution is 0.0238. The van der Waals surface area contributed by atoms with Crippen molar-refractivity contribution < 1.29 is 23.1 Å². The molecule has 1 amide bonds. The third kappa shape index (κ3) is 10.4. The minimum absolute atomic E-state index is 0.0889. The Balaban J connectivity index is 1.82. The summed E-state index contributed by atoms with van der Waals surface area (Å²) < 4.78 is 33.7. The second-order valence-corrected chi connectivity index (χ2v) is 10.8. The molecule has 6 nitrogen and oxygen atoms in total. The second kappa shape index (κ2) is 16.7. The molecule has 0 bridgehead atoms. The van der Waals surface area contributed by atoms with Gasteiger partial charge in [0.2, 0.25) is 0 Å². The van der Waals surface area contributed by atoms with Crippen molar-refractivity contribution in [3.05, 3.63) is 112 Å². The van der Waals surface area contributed by atoms with E-state index in [1.807, 2.05) is 58.0 Å². The first kappa shape index (κ1) is 33.6. The quantitative estimate of drug-likeness (QED) is 0.198. The van der Waals surface area contributed by atoms with Crippen LogP contribution in [-0.2, 0) is 17.7 Å². The highest BCUT2D eigenvalue weighted by Crippen LogP contribution is 2.17. The fraction of sp³-hybridized carbons (Fsp3) is 0.371. The third-order valence-corrected chi connectivity index (χ3v) is 6.95. The highest BCUT2D eigenvalue weighted by molar-refractivity contribution is 5.98. The van der Waals surface area contributed by atoms with Crippen LogP contribution in [0.5, 0.6) is 0 Å². The minimum atomic E-state index is -0.825. The smallest absolute Gasteiger partial charge is 0.338 e. The van der Waals surface area contributed by atoms with E-state index in [1.165, 1.54) is 12.1 Å². The maximum atomic E-state index is 13.9. The van der Waals surface area contributed by atoms with Crippen molar-refractivity contribution in [1.82, 2.24) is 10.2 Å². The Bertz CT molecular complexity index is 1380. The van der Waals surface area contributed by atoms with E-state index < -0.39 is 29.7 Å². The number of ether oxygens (including phenoxy) is 1. The predicted molar refractivity (Wildman–Crippen MR) is 168 cm³/mol. The van der Waals surface area contributed by atoms with Crippen LogP contribution < -0.4 is 11.1 Å². The molecule has 2 unspecified atom stereocenters. The Morgan fingerprint density at radius 2 is 1.63 bits per heavy atom. The molecule has 0 saturated carbocycles. The lowest BCUT2D eigenvalue weighted by Crippen LogP contribution is -2.46. The molecule has 0 aliphatic carbocycles. The topological polar surface area (TPSA) is 84.7 Å². The summed E-state index contributed by atoms with van der Waals surface area (Å²) in [6.45, 7) is 9.76. The molecule has 8 heteroatoms. The molecule has 0 radical (unpaired) electrons. The Labute approximate surface area is 253 Å². The number of nitrogens with zero attached hydrogens (tertiary/aromatic N) is 1. The molecule has 0 aliphatic heterocycles. The van der Waals surface area contributed by atoms with Crippen LogP contribution in [0.15, 0.2) is 66.7 Å². The molecule has 0 heterocycles. The third-order valence-electron chi connectivity index (χ3n) is 6.95. The first-order chi connectivity index (χ1) is 20.6. The standard InChI is InChI=1S/C35H43F2N3O3/c1-5-9-25-10-8-11-26(16-25)22-39-23-33(32(38)19-27-17-30(36)21-31(37)18-27)43-35(42)29-15-24(4)14-28(20-29)34(41)40(12-6-2)13-7-3/h5,8-11,14-18,20-21,32-33,39H,6-7,12-13,19,22-23,38H2,1-4H3. The first-order valence-electron chi connectivity index (χ1n) is 14.9. The maximum absolute atomic E-state index is 13.9. The second-order valence-electron chi connectivity index (χ2n) is 10.8. The van der Waals surface area contributed by atoms with Gasteiger partial charge in [-0.3, -0.25) is 4.79 Å². The van der Waals surface area contributed by atoms with E-state index in [9.17, 15) is 18.4 Å². The molecule has 3 aromatic carbocycles. The van der Waals surface area contributed by atoms with Crippen molar-refractivity contribution in [3.63, 3.8) is 0 Å². The van der Waals surface area contributed by atoms with Gasteiger partial charge in [-0.05, 0) is 85.7 Å². The lowest BCUT2D eigenvalue weighted by atomic mass is 10.0. The lowest BCUT2D eigenvalue weighted by Gasteiger charge is -2.25. The number of carbonyl (C=O) groups excluding carboxylic acids is 2. The average molecular weight is 592 g/mol. The number of nitrogens with one attached hydrogen (secondary N) is 1. The molecule has 0 spiro atoms. The van der Waals surface area contributed by atoms with Crippen LogP contribution in [0.1, 0.15) is 76.6 Å². The van der Waals surface area contributed by atoms with Gasteiger partial charge in [0.25, 0.3) is 5.91 Å². The van der Waals surface area contributed by atoms with Crippen LogP contribution in [0, 0.1) is 18.6 Å². The van der Waals surface area contributed by atoms with E-state index in [-0.39, 0.29) is 24.4 Å². The average Bonchev–Trinajstić information content (AvgIpc) is 2.95. The maximum Gasteiger partial charge on any atom is 0.338 e. The van der Waals surface area contributed by atoms with Crippen LogP contribution in [0.25, 0.3) is 6.08 Å². The molecular formula is C35H43F2N3O3. The molecule has 2 atom stereocenters. The molecule has 0 fully saturated rings. The van der Waals surface area contributed by atoms with Crippen molar-refractivity contribution in [2.24, 2.45) is 5.73 Å². The Kier molecular flexibility index (Phi) is 13.0. The van der Waals surface area contributed by atoms with Crippen molar-refractivity contribution in [2.45, 2.75) is 65.6 Å². The van der Waals surface area contributed by atoms with Gasteiger partial charge in [-0.25, -0.2) is 13.6 Å². The van der Waals surface area contributed by atoms with Gasteiger partial charge in [-0.1, -0.05) is 50.3 Å². The molecule has 3 N–H and O–H groups in total. The number of nitrogens with two attached hydrogens (primary N) is 1. The van der Waals surface area contributed by atoms with Crippen LogP contribution in [0.4, 0.5) is 8.78 Å². The van der Waals surface area contributed by atoms with Gasteiger partial charge < -0.3 is 20.7 Å². The van der Waals surface area contributed by atoms with E-state index in [0.29, 0.717) is 30.8 Å². The molecular weight excluding hydrogens is 548 g/mol. The molecule has 0 saturated heterocycles. The van der Waals surface area contributed by atoms with Gasteiger partial charge in [0.05, 0.1) is 5.56 Å². The van der Waals surface area contributed by atoms with Gasteiger partial charge >= 0.3 is 5.97 Å². The number of esters is 1. The van der Waals surface area contributed by atoms with Gasteiger partial charge in [-0.2, -0.15) is 0 Å². The fourth-order valence-electron chi connectivity index (χ4n) is 5.04. The summed E-state index contributed by atoms with van der Waals surface area (Å²) in [5.74, 6) is -2.17. The van der Waals surface area contributed by atoms with Gasteiger partial charge in [0.15, 0.2) is 0 Å². The minimum Gasteiger partial charge on any atom is -0.456 e. The number of hydrogen-bond acceptors (Lipinski definition) is 5. The molecule has 3 rings (SSSR count). The van der Waals surface area contributed by atoms with Crippen LogP contribution in [0.3, 0.4) is 0 Å². The van der Waals surface area contributed by atoms with E-state index in [4.69, 9.17) is 10.5 Å². The predicted octanol–water partition coefficient (Wildman–Crippen LogP) is 6.45. The monoisotopic (exact) mass is 591 g/mol. The number of hydrogen-bond donors (Lipinski definition) is 2. The molecule has 0 aliphatic rings. The first-order valence-corrected chi connectivity index (χ1v) is 14.9. The van der Waals surface area contributed by atoms with Gasteiger partial charge in [0, 0.05) is 43.9 Å². The summed E-state index contributed by atoms with van der Waals surface area (Å²) in [5, 5.41) is 3.31. The number of benzene rings is 3. The Morgan fingerprint density at radius 3 is 2.28 bits per heavy atom. The summed E-state index contributed by atoms with van der Waals surface area (Å²) in [5.41, 5.74) is 10.4. The summed E-state index contributed by atoms with van der Waals surface area (Å²) in [6.07, 6.45) is 4.89. The van der Waals surface area contributed by atoms with Crippen molar-refractivity contribution in [3.8, 4) is 0 Å². The van der Waals surface area contributed by atoms with Crippen LogP contribution in [-0.4, -0.2) is 48.6 Å². The number of rotatable bonds is 15. The number of aryl methyl sites for hydroxylation is 1. The summed E-state index contributed by atoms with van der Waals surface area (Å²) in [7, 11) is 0. The number of halogens is 2. The molecule has 3 aromatic rings. The van der Waals surface area contributed by atoms with Gasteiger partial charge in [0.1, 0.15) is 17.7 Å². The fourth-order valence-corrected chi connectivity index (χ4v) is 5.04. The largest absolute Gasteiger partial charge is 0.456 e. The SMILES string of the molecule is CC=Cc1cccc(CNCC(OC(=O)c2cc(C)cc(C(=O)N(CCC)CCC)c2)C(N)Cc2cc(F)cc(F)c2)c1. The summed E-state index contributed by atoms with van der Waals surface area (Å²) in [4.78, 5) is 28.5. The highest BCUT2D eigenvalue weighted by atomic mass is 19.1. The zero-order chi connectivity index (χ0) is 31.4. The van der Waals surface area contributed by atoms with E-state index in [1.54, 1.807) is 23.1 Å². The number of amides is 1.